The summed E-state index contributed by atoms with van der Waals surface area (Å²) in [6, 6.07) is 9.76. The standard InChI is InChI=1S/C20H12Cl2N2O5S/c1-28-16(25)8-24-17-13(22)6-10(21)7-15(17)30-20(24)23-19(27)12-9-29-14-5-3-2-4-11(14)18(12)26/h2-7,9H,8H2,1H3. The molecule has 0 radical (unpaired) electrons. The summed E-state index contributed by atoms with van der Waals surface area (Å²) in [5, 5.41) is 0.955. The first-order chi connectivity index (χ1) is 14.4. The van der Waals surface area contributed by atoms with Gasteiger partial charge in [0.05, 0.1) is 27.7 Å². The van der Waals surface area contributed by atoms with Crippen molar-refractivity contribution >= 4 is 67.6 Å². The molecular weight excluding hydrogens is 451 g/mol. The Hall–Kier alpha value is -2.94. The largest absolute Gasteiger partial charge is 0.468 e. The van der Waals surface area contributed by atoms with Gasteiger partial charge in [-0.1, -0.05) is 46.7 Å². The topological polar surface area (TPSA) is 90.9 Å². The summed E-state index contributed by atoms with van der Waals surface area (Å²) in [5.74, 6) is -1.36. The third kappa shape index (κ3) is 3.65. The zero-order chi connectivity index (χ0) is 21.4. The van der Waals surface area contributed by atoms with E-state index in [9.17, 15) is 14.4 Å². The van der Waals surface area contributed by atoms with Gasteiger partial charge in [0.25, 0.3) is 5.91 Å². The lowest BCUT2D eigenvalue weighted by Gasteiger charge is -2.05. The summed E-state index contributed by atoms with van der Waals surface area (Å²) >= 11 is 13.5. The van der Waals surface area contributed by atoms with Gasteiger partial charge in [0.1, 0.15) is 24.0 Å². The first-order valence-corrected chi connectivity index (χ1v) is 10.1. The van der Waals surface area contributed by atoms with Gasteiger partial charge in [-0.05, 0) is 24.3 Å². The van der Waals surface area contributed by atoms with Gasteiger partial charge < -0.3 is 13.7 Å². The molecule has 0 N–H and O–H groups in total. The molecule has 7 nitrogen and oxygen atoms in total. The van der Waals surface area contributed by atoms with E-state index in [1.807, 2.05) is 0 Å². The summed E-state index contributed by atoms with van der Waals surface area (Å²) in [5.41, 5.74) is 0.129. The van der Waals surface area contributed by atoms with Gasteiger partial charge in [-0.25, -0.2) is 0 Å². The smallest absolute Gasteiger partial charge is 0.325 e. The predicted molar refractivity (Wildman–Crippen MR) is 114 cm³/mol. The van der Waals surface area contributed by atoms with Gasteiger partial charge in [0.15, 0.2) is 4.80 Å². The molecule has 2 heterocycles. The van der Waals surface area contributed by atoms with Crippen molar-refractivity contribution in [2.75, 3.05) is 7.11 Å². The monoisotopic (exact) mass is 462 g/mol. The molecule has 4 rings (SSSR count). The first-order valence-electron chi connectivity index (χ1n) is 8.54. The first kappa shape index (κ1) is 20.3. The lowest BCUT2D eigenvalue weighted by molar-refractivity contribution is -0.141. The molecule has 0 aliphatic carbocycles. The molecule has 0 aliphatic heterocycles. The number of amides is 1. The molecule has 0 aliphatic rings. The maximum Gasteiger partial charge on any atom is 0.325 e. The van der Waals surface area contributed by atoms with E-state index in [0.29, 0.717) is 20.8 Å². The molecule has 0 fully saturated rings. The van der Waals surface area contributed by atoms with E-state index in [-0.39, 0.29) is 27.3 Å². The third-order valence-corrected chi connectivity index (χ3v) is 5.85. The van der Waals surface area contributed by atoms with Crippen molar-refractivity contribution in [3.8, 4) is 0 Å². The SMILES string of the molecule is COC(=O)Cn1c(=NC(=O)c2coc3ccccc3c2=O)sc2cc(Cl)cc(Cl)c21. The summed E-state index contributed by atoms with van der Waals surface area (Å²) < 4.78 is 12.2. The number of para-hydroxylation sites is 1. The van der Waals surface area contributed by atoms with Crippen LogP contribution in [0.15, 0.2) is 56.9 Å². The number of esters is 1. The number of benzene rings is 2. The van der Waals surface area contributed by atoms with E-state index >= 15 is 0 Å². The number of hydrogen-bond donors (Lipinski definition) is 0. The Labute approximate surface area is 182 Å². The number of carbonyl (C=O) groups is 2. The van der Waals surface area contributed by atoms with Crippen LogP contribution in [-0.2, 0) is 16.1 Å². The Morgan fingerprint density at radius 1 is 1.23 bits per heavy atom. The molecule has 4 aromatic rings. The number of fused-ring (bicyclic) bond motifs is 2. The Kier molecular flexibility index (Phi) is 5.46. The van der Waals surface area contributed by atoms with Crippen LogP contribution in [-0.4, -0.2) is 23.6 Å². The van der Waals surface area contributed by atoms with Crippen LogP contribution in [0.25, 0.3) is 21.2 Å². The average Bonchev–Trinajstić information content (AvgIpc) is 3.04. The number of hydrogen-bond acceptors (Lipinski definition) is 6. The Morgan fingerprint density at radius 2 is 2.00 bits per heavy atom. The molecule has 0 bridgehead atoms. The summed E-state index contributed by atoms with van der Waals surface area (Å²) in [6.45, 7) is -0.226. The highest BCUT2D eigenvalue weighted by Gasteiger charge is 2.18. The molecule has 2 aromatic carbocycles. The average molecular weight is 463 g/mol. The number of halogens is 2. The molecule has 0 atom stereocenters. The van der Waals surface area contributed by atoms with Crippen molar-refractivity contribution in [3.63, 3.8) is 0 Å². The molecule has 10 heteroatoms. The predicted octanol–water partition coefficient (Wildman–Crippen LogP) is 4.03. The van der Waals surface area contributed by atoms with Crippen LogP contribution in [0, 0.1) is 0 Å². The van der Waals surface area contributed by atoms with Crippen LogP contribution in [0.2, 0.25) is 10.0 Å². The number of ether oxygens (including phenoxy) is 1. The van der Waals surface area contributed by atoms with Gasteiger partial charge in [-0.3, -0.25) is 14.4 Å². The van der Waals surface area contributed by atoms with Crippen LogP contribution >= 0.6 is 34.5 Å². The van der Waals surface area contributed by atoms with Gasteiger partial charge in [-0.15, -0.1) is 0 Å². The van der Waals surface area contributed by atoms with Crippen LogP contribution in [0.4, 0.5) is 0 Å². The van der Waals surface area contributed by atoms with E-state index in [1.54, 1.807) is 30.3 Å². The van der Waals surface area contributed by atoms with Crippen molar-refractivity contribution in [3.05, 3.63) is 73.3 Å². The number of nitrogens with zero attached hydrogens (tertiary/aromatic N) is 2. The highest BCUT2D eigenvalue weighted by Crippen LogP contribution is 2.29. The maximum atomic E-state index is 12.8. The summed E-state index contributed by atoms with van der Waals surface area (Å²) in [6.07, 6.45) is 1.08. The second-order valence-corrected chi connectivity index (χ2v) is 8.03. The Morgan fingerprint density at radius 3 is 2.77 bits per heavy atom. The Bertz CT molecular complexity index is 1450. The maximum absolute atomic E-state index is 12.8. The van der Waals surface area contributed by atoms with E-state index < -0.39 is 17.3 Å². The van der Waals surface area contributed by atoms with Crippen molar-refractivity contribution in [2.24, 2.45) is 4.99 Å². The molecular formula is C20H12Cl2N2O5S. The molecule has 1 amide bonds. The fraction of sp³-hybridized carbons (Fsp3) is 0.100. The van der Waals surface area contributed by atoms with Crippen LogP contribution in [0.1, 0.15) is 10.4 Å². The van der Waals surface area contributed by atoms with Crippen molar-refractivity contribution in [2.45, 2.75) is 6.54 Å². The minimum Gasteiger partial charge on any atom is -0.468 e. The molecule has 0 unspecified atom stereocenters. The zero-order valence-electron chi connectivity index (χ0n) is 15.3. The van der Waals surface area contributed by atoms with Crippen molar-refractivity contribution in [1.82, 2.24) is 4.57 Å². The van der Waals surface area contributed by atoms with E-state index in [4.69, 9.17) is 32.4 Å². The second-order valence-electron chi connectivity index (χ2n) is 6.17. The minimum absolute atomic E-state index is 0.164. The molecule has 0 spiro atoms. The van der Waals surface area contributed by atoms with E-state index in [2.05, 4.69) is 4.99 Å². The third-order valence-electron chi connectivity index (χ3n) is 4.32. The number of methoxy groups -OCH3 is 1. The van der Waals surface area contributed by atoms with Crippen LogP contribution in [0.5, 0.6) is 0 Å². The van der Waals surface area contributed by atoms with Crippen molar-refractivity contribution < 1.29 is 18.7 Å². The summed E-state index contributed by atoms with van der Waals surface area (Å²) in [4.78, 5) is 41.6. The van der Waals surface area contributed by atoms with Gasteiger partial charge in [0, 0.05) is 5.02 Å². The summed E-state index contributed by atoms with van der Waals surface area (Å²) in [7, 11) is 1.25. The lowest BCUT2D eigenvalue weighted by Crippen LogP contribution is -2.23. The number of rotatable bonds is 3. The normalized spacial score (nSPS) is 11.9. The number of aromatic nitrogens is 1. The molecule has 152 valence electrons. The van der Waals surface area contributed by atoms with Gasteiger partial charge in [-0.2, -0.15) is 4.99 Å². The fourth-order valence-corrected chi connectivity index (χ4v) is 4.74. The molecule has 2 aromatic heterocycles. The lowest BCUT2D eigenvalue weighted by atomic mass is 10.2. The van der Waals surface area contributed by atoms with Crippen molar-refractivity contribution in [1.29, 1.82) is 0 Å². The number of thiazole rings is 1. The molecule has 0 saturated heterocycles. The van der Waals surface area contributed by atoms with Crippen LogP contribution < -0.4 is 10.2 Å². The highest BCUT2D eigenvalue weighted by atomic mass is 35.5. The van der Waals surface area contributed by atoms with E-state index in [0.717, 1.165) is 17.6 Å². The molecule has 0 saturated carbocycles. The highest BCUT2D eigenvalue weighted by molar-refractivity contribution is 7.16. The second kappa shape index (κ2) is 8.06. The van der Waals surface area contributed by atoms with E-state index in [1.165, 1.54) is 17.7 Å². The number of carbonyl (C=O) groups excluding carboxylic acids is 2. The quantitative estimate of drug-likeness (QED) is 0.428. The molecule has 30 heavy (non-hydrogen) atoms. The minimum atomic E-state index is -0.804. The fourth-order valence-electron chi connectivity index (χ4n) is 2.93. The Balaban J connectivity index is 1.92. The van der Waals surface area contributed by atoms with Gasteiger partial charge in [0.2, 0.25) is 5.43 Å². The zero-order valence-corrected chi connectivity index (χ0v) is 17.7. The van der Waals surface area contributed by atoms with Crippen LogP contribution in [0.3, 0.4) is 0 Å². The van der Waals surface area contributed by atoms with Gasteiger partial charge >= 0.3 is 5.97 Å².